The lowest BCUT2D eigenvalue weighted by atomic mass is 9.98. The molecule has 0 bridgehead atoms. The predicted molar refractivity (Wildman–Crippen MR) is 93.9 cm³/mol. The third-order valence-electron chi connectivity index (χ3n) is 4.31. The van der Waals surface area contributed by atoms with Gasteiger partial charge < -0.3 is 10.2 Å². The molecule has 4 nitrogen and oxygen atoms in total. The highest BCUT2D eigenvalue weighted by molar-refractivity contribution is 6.42. The number of halogens is 2. The van der Waals surface area contributed by atoms with E-state index in [2.05, 4.69) is 5.32 Å². The van der Waals surface area contributed by atoms with Gasteiger partial charge in [-0.25, -0.2) is 0 Å². The molecule has 1 aromatic rings. The quantitative estimate of drug-likeness (QED) is 0.871. The highest BCUT2D eigenvalue weighted by Gasteiger charge is 2.33. The van der Waals surface area contributed by atoms with E-state index in [0.717, 1.165) is 19.3 Å². The molecule has 0 radical (unpaired) electrons. The first-order chi connectivity index (χ1) is 10.9. The third kappa shape index (κ3) is 4.39. The number of anilines is 1. The molecule has 1 fully saturated rings. The fourth-order valence-electron chi connectivity index (χ4n) is 2.73. The monoisotopic (exact) mass is 356 g/mol. The van der Waals surface area contributed by atoms with Crippen LogP contribution in [-0.4, -0.2) is 29.3 Å². The van der Waals surface area contributed by atoms with Crippen LogP contribution in [0.4, 0.5) is 5.69 Å². The summed E-state index contributed by atoms with van der Waals surface area (Å²) in [5, 5.41) is 3.68. The van der Waals surface area contributed by atoms with Crippen molar-refractivity contribution in [1.29, 1.82) is 0 Å². The van der Waals surface area contributed by atoms with Crippen LogP contribution >= 0.6 is 23.2 Å². The first kappa shape index (κ1) is 18.1. The zero-order chi connectivity index (χ0) is 17.0. The van der Waals surface area contributed by atoms with E-state index >= 15 is 0 Å². The summed E-state index contributed by atoms with van der Waals surface area (Å²) >= 11 is 11.9. The van der Waals surface area contributed by atoms with Crippen LogP contribution in [0.15, 0.2) is 18.2 Å². The molecule has 0 spiro atoms. The summed E-state index contributed by atoms with van der Waals surface area (Å²) in [4.78, 5) is 26.8. The first-order valence-electron chi connectivity index (χ1n) is 8.00. The van der Waals surface area contributed by atoms with Gasteiger partial charge in [-0.1, -0.05) is 37.0 Å². The van der Waals surface area contributed by atoms with Crippen molar-refractivity contribution in [3.8, 4) is 0 Å². The average molecular weight is 357 g/mol. The van der Waals surface area contributed by atoms with Gasteiger partial charge in [-0.15, -0.1) is 0 Å². The first-order valence-corrected chi connectivity index (χ1v) is 8.76. The van der Waals surface area contributed by atoms with Gasteiger partial charge in [0.05, 0.1) is 10.0 Å². The number of amides is 2. The van der Waals surface area contributed by atoms with Gasteiger partial charge in [-0.05, 0) is 43.9 Å². The molecule has 0 saturated carbocycles. The number of likely N-dealkylation sites (tertiary alicyclic amines) is 1. The molecule has 0 aromatic heterocycles. The molecular formula is C17H22Cl2N2O2. The number of benzene rings is 1. The molecule has 0 aliphatic carbocycles. The van der Waals surface area contributed by atoms with Crippen LogP contribution < -0.4 is 5.32 Å². The molecule has 1 saturated heterocycles. The van der Waals surface area contributed by atoms with E-state index in [1.165, 1.54) is 0 Å². The number of carbonyl (C=O) groups is 2. The molecule has 2 rings (SSSR count). The van der Waals surface area contributed by atoms with Crippen LogP contribution in [0.2, 0.25) is 10.0 Å². The van der Waals surface area contributed by atoms with Gasteiger partial charge in [-0.3, -0.25) is 9.59 Å². The van der Waals surface area contributed by atoms with Crippen LogP contribution in [0, 0.1) is 5.92 Å². The Balaban J connectivity index is 2.11. The Hall–Kier alpha value is -1.26. The Morgan fingerprint density at radius 1 is 1.30 bits per heavy atom. The van der Waals surface area contributed by atoms with Gasteiger partial charge in [0.15, 0.2) is 0 Å². The number of nitrogens with one attached hydrogen (secondary N) is 1. The largest absolute Gasteiger partial charge is 0.330 e. The van der Waals surface area contributed by atoms with E-state index in [1.807, 2.05) is 13.8 Å². The zero-order valence-corrected chi connectivity index (χ0v) is 15.0. The Bertz CT molecular complexity index is 592. The van der Waals surface area contributed by atoms with Crippen LogP contribution in [0.5, 0.6) is 0 Å². The van der Waals surface area contributed by atoms with Gasteiger partial charge in [-0.2, -0.15) is 0 Å². The number of nitrogens with zero attached hydrogens (tertiary/aromatic N) is 1. The number of hydrogen-bond donors (Lipinski definition) is 1. The van der Waals surface area contributed by atoms with Crippen molar-refractivity contribution < 1.29 is 9.59 Å². The van der Waals surface area contributed by atoms with Crippen molar-refractivity contribution in [2.45, 2.75) is 45.6 Å². The average Bonchev–Trinajstić information content (AvgIpc) is 2.56. The zero-order valence-electron chi connectivity index (χ0n) is 13.4. The van der Waals surface area contributed by atoms with Crippen molar-refractivity contribution in [3.05, 3.63) is 28.2 Å². The molecular weight excluding hydrogens is 335 g/mol. The van der Waals surface area contributed by atoms with Crippen LogP contribution in [0.25, 0.3) is 0 Å². The van der Waals surface area contributed by atoms with Crippen LogP contribution in [0.3, 0.4) is 0 Å². The highest BCUT2D eigenvalue weighted by Crippen LogP contribution is 2.26. The van der Waals surface area contributed by atoms with Gasteiger partial charge in [0.1, 0.15) is 6.04 Å². The topological polar surface area (TPSA) is 49.4 Å². The standard InChI is InChI=1S/C17H22Cl2N2O2/c1-3-11(2)17(23)21-9-5-4-6-15(21)16(22)20-12-7-8-13(18)14(19)10-12/h7-8,10-11,15H,3-6,9H2,1-2H3,(H,20,22). The summed E-state index contributed by atoms with van der Waals surface area (Å²) in [5.41, 5.74) is 0.589. The second-order valence-electron chi connectivity index (χ2n) is 5.97. The molecule has 2 unspecified atom stereocenters. The fraction of sp³-hybridized carbons (Fsp3) is 0.529. The van der Waals surface area contributed by atoms with E-state index in [-0.39, 0.29) is 17.7 Å². The second kappa shape index (κ2) is 8.02. The number of piperidine rings is 1. The summed E-state index contributed by atoms with van der Waals surface area (Å²) in [7, 11) is 0. The number of rotatable bonds is 4. The summed E-state index contributed by atoms with van der Waals surface area (Å²) in [5.74, 6) is -0.172. The van der Waals surface area contributed by atoms with E-state index in [9.17, 15) is 9.59 Å². The van der Waals surface area contributed by atoms with Gasteiger partial charge in [0.2, 0.25) is 11.8 Å². The van der Waals surface area contributed by atoms with Crippen molar-refractivity contribution in [2.75, 3.05) is 11.9 Å². The normalized spacial score (nSPS) is 19.3. The van der Waals surface area contributed by atoms with Gasteiger partial charge in [0.25, 0.3) is 0 Å². The molecule has 1 heterocycles. The maximum Gasteiger partial charge on any atom is 0.247 e. The minimum absolute atomic E-state index is 0.0569. The second-order valence-corrected chi connectivity index (χ2v) is 6.79. The Morgan fingerprint density at radius 2 is 2.04 bits per heavy atom. The maximum absolute atomic E-state index is 12.6. The lowest BCUT2D eigenvalue weighted by molar-refractivity contribution is -0.143. The van der Waals surface area contributed by atoms with Gasteiger partial charge in [0, 0.05) is 18.2 Å². The van der Waals surface area contributed by atoms with Crippen molar-refractivity contribution >= 4 is 40.7 Å². The molecule has 6 heteroatoms. The van der Waals surface area contributed by atoms with Crippen LogP contribution in [0.1, 0.15) is 39.5 Å². The SMILES string of the molecule is CCC(C)C(=O)N1CCCCC1C(=O)Nc1ccc(Cl)c(Cl)c1. The molecule has 1 aromatic carbocycles. The predicted octanol–water partition coefficient (Wildman–Crippen LogP) is 4.36. The summed E-state index contributed by atoms with van der Waals surface area (Å²) in [6.45, 7) is 4.53. The number of carbonyl (C=O) groups excluding carboxylic acids is 2. The molecule has 2 amide bonds. The lowest BCUT2D eigenvalue weighted by Crippen LogP contribution is -2.51. The van der Waals surface area contributed by atoms with E-state index < -0.39 is 6.04 Å². The highest BCUT2D eigenvalue weighted by atomic mass is 35.5. The molecule has 23 heavy (non-hydrogen) atoms. The molecule has 2 atom stereocenters. The lowest BCUT2D eigenvalue weighted by Gasteiger charge is -2.36. The minimum atomic E-state index is -0.417. The number of hydrogen-bond acceptors (Lipinski definition) is 2. The Morgan fingerprint density at radius 3 is 2.70 bits per heavy atom. The third-order valence-corrected chi connectivity index (χ3v) is 5.05. The van der Waals surface area contributed by atoms with Crippen molar-refractivity contribution in [2.24, 2.45) is 5.92 Å². The molecule has 126 valence electrons. The van der Waals surface area contributed by atoms with E-state index in [1.54, 1.807) is 23.1 Å². The summed E-state index contributed by atoms with van der Waals surface area (Å²) in [6, 6.07) is 4.55. The fourth-order valence-corrected chi connectivity index (χ4v) is 3.02. The molecule has 1 aliphatic heterocycles. The summed E-state index contributed by atoms with van der Waals surface area (Å²) < 4.78 is 0. The Labute approximate surface area is 147 Å². The van der Waals surface area contributed by atoms with Gasteiger partial charge >= 0.3 is 0 Å². The van der Waals surface area contributed by atoms with Crippen LogP contribution in [-0.2, 0) is 9.59 Å². The molecule has 1 aliphatic rings. The van der Waals surface area contributed by atoms with Crippen molar-refractivity contribution in [1.82, 2.24) is 4.90 Å². The van der Waals surface area contributed by atoms with Crippen molar-refractivity contribution in [3.63, 3.8) is 0 Å². The maximum atomic E-state index is 12.6. The smallest absolute Gasteiger partial charge is 0.247 e. The van der Waals surface area contributed by atoms with E-state index in [0.29, 0.717) is 28.7 Å². The molecule has 1 N–H and O–H groups in total. The van der Waals surface area contributed by atoms with E-state index in [4.69, 9.17) is 23.2 Å². The summed E-state index contributed by atoms with van der Waals surface area (Å²) in [6.07, 6.45) is 3.36. The Kier molecular flexibility index (Phi) is 6.31. The minimum Gasteiger partial charge on any atom is -0.330 e.